The number of hydrogen-bond acceptors (Lipinski definition) is 6. The van der Waals surface area contributed by atoms with Crippen LogP contribution in [-0.4, -0.2) is 24.7 Å². The fourth-order valence-corrected chi connectivity index (χ4v) is 6.09. The quantitative estimate of drug-likeness (QED) is 0.232. The van der Waals surface area contributed by atoms with Crippen molar-refractivity contribution in [2.24, 2.45) is 0 Å². The molecular weight excluding hydrogens is 514 g/mol. The van der Waals surface area contributed by atoms with Gasteiger partial charge in [-0.3, -0.25) is 9.59 Å². The van der Waals surface area contributed by atoms with Gasteiger partial charge in [0, 0.05) is 26.5 Å². The highest BCUT2D eigenvalue weighted by molar-refractivity contribution is 7.99. The predicted molar refractivity (Wildman–Crippen MR) is 148 cm³/mol. The van der Waals surface area contributed by atoms with Crippen molar-refractivity contribution in [1.82, 2.24) is 0 Å². The third kappa shape index (κ3) is 5.47. The molecule has 0 saturated heterocycles. The van der Waals surface area contributed by atoms with Gasteiger partial charge >= 0.3 is 0 Å². The molecule has 0 amide bonds. The molecule has 38 heavy (non-hydrogen) atoms. The van der Waals surface area contributed by atoms with Gasteiger partial charge in [0.1, 0.15) is 4.75 Å². The normalized spacial score (nSPS) is 11.5. The van der Waals surface area contributed by atoms with Crippen LogP contribution >= 0.6 is 11.8 Å². The van der Waals surface area contributed by atoms with Crippen molar-refractivity contribution in [1.29, 1.82) is 5.26 Å². The Bertz CT molecular complexity index is 1630. The van der Waals surface area contributed by atoms with Crippen molar-refractivity contribution in [3.8, 4) is 6.07 Å². The zero-order chi connectivity index (χ0) is 27.5. The molecule has 0 aliphatic heterocycles. The third-order valence-electron chi connectivity index (χ3n) is 6.29. The number of sulfone groups is 1. The topological polar surface area (TPSA) is 92.1 Å². The van der Waals surface area contributed by atoms with Gasteiger partial charge in [0.25, 0.3) is 0 Å². The number of Topliss-reactive ketones (excluding diaryl/α,β-unsaturated/α-hetero) is 1. The first-order valence-corrected chi connectivity index (χ1v) is 14.1. The molecule has 4 aromatic carbocycles. The lowest BCUT2D eigenvalue weighted by molar-refractivity contribution is 0.0953. The second kappa shape index (κ2) is 10.8. The summed E-state index contributed by atoms with van der Waals surface area (Å²) >= 11 is 1.46. The number of carbonyl (C=O) groups excluding carboxylic acids is 2. The Morgan fingerprint density at radius 2 is 1.16 bits per heavy atom. The monoisotopic (exact) mass is 539 g/mol. The average molecular weight is 540 g/mol. The Hall–Kier alpha value is -3.99. The van der Waals surface area contributed by atoms with E-state index in [0.717, 1.165) is 15.4 Å². The Kier molecular flexibility index (Phi) is 7.68. The number of ketones is 2. The van der Waals surface area contributed by atoms with Gasteiger partial charge in [0.05, 0.1) is 16.5 Å². The molecule has 190 valence electrons. The van der Waals surface area contributed by atoms with Crippen LogP contribution in [0.5, 0.6) is 0 Å². The van der Waals surface area contributed by atoms with E-state index in [1.54, 1.807) is 72.8 Å². The van der Waals surface area contributed by atoms with Crippen LogP contribution in [0, 0.1) is 18.3 Å². The van der Waals surface area contributed by atoms with Crippen LogP contribution in [0.25, 0.3) is 0 Å². The lowest BCUT2D eigenvalue weighted by Gasteiger charge is -2.23. The van der Waals surface area contributed by atoms with Crippen LogP contribution in [0.15, 0.2) is 112 Å². The third-order valence-corrected chi connectivity index (χ3v) is 9.73. The molecule has 0 saturated carbocycles. The standard InChI is InChI=1S/C31H25NO4S2/c1-21-4-18-28(19-5-21)38(35,36)31(2,3)30(34)25-12-16-27(17-13-25)37-26-14-10-24(11-15-26)29(33)23-8-6-22(20-32)7-9-23/h4-19H,1-3H3. The second-order valence-electron chi connectivity index (χ2n) is 9.33. The second-order valence-corrected chi connectivity index (χ2v) is 13.0. The Morgan fingerprint density at radius 3 is 1.63 bits per heavy atom. The maximum Gasteiger partial charge on any atom is 0.193 e. The molecule has 5 nitrogen and oxygen atoms in total. The van der Waals surface area contributed by atoms with Crippen molar-refractivity contribution in [3.05, 3.63) is 125 Å². The summed E-state index contributed by atoms with van der Waals surface area (Å²) in [6.07, 6.45) is 0. The maximum absolute atomic E-state index is 13.2. The summed E-state index contributed by atoms with van der Waals surface area (Å²) in [6.45, 7) is 4.75. The Balaban J connectivity index is 1.46. The zero-order valence-corrected chi connectivity index (χ0v) is 22.8. The lowest BCUT2D eigenvalue weighted by atomic mass is 10.0. The first-order chi connectivity index (χ1) is 18.0. The molecule has 0 heterocycles. The van der Waals surface area contributed by atoms with E-state index in [0.29, 0.717) is 22.3 Å². The molecule has 4 rings (SSSR count). The molecule has 0 bridgehead atoms. The van der Waals surface area contributed by atoms with Gasteiger partial charge in [0.15, 0.2) is 21.4 Å². The van der Waals surface area contributed by atoms with E-state index in [4.69, 9.17) is 5.26 Å². The van der Waals surface area contributed by atoms with E-state index < -0.39 is 20.4 Å². The minimum absolute atomic E-state index is 0.120. The van der Waals surface area contributed by atoms with Gasteiger partial charge in [-0.05, 0) is 93.6 Å². The largest absolute Gasteiger partial charge is 0.292 e. The first kappa shape index (κ1) is 27.1. The number of hydrogen-bond donors (Lipinski definition) is 0. The van der Waals surface area contributed by atoms with Crippen LogP contribution in [0.1, 0.15) is 51.3 Å². The Labute approximate surface area is 227 Å². The first-order valence-electron chi connectivity index (χ1n) is 11.8. The summed E-state index contributed by atoms with van der Waals surface area (Å²) in [4.78, 5) is 27.8. The van der Waals surface area contributed by atoms with Crippen LogP contribution < -0.4 is 0 Å². The summed E-state index contributed by atoms with van der Waals surface area (Å²) in [5, 5.41) is 8.92. The maximum atomic E-state index is 13.2. The summed E-state index contributed by atoms with van der Waals surface area (Å²) in [5.41, 5.74) is 2.80. The average Bonchev–Trinajstić information content (AvgIpc) is 2.93. The smallest absolute Gasteiger partial charge is 0.193 e. The van der Waals surface area contributed by atoms with Gasteiger partial charge in [-0.2, -0.15) is 5.26 Å². The van der Waals surface area contributed by atoms with Crippen LogP contribution in [0.4, 0.5) is 0 Å². The van der Waals surface area contributed by atoms with Crippen molar-refractivity contribution < 1.29 is 18.0 Å². The minimum Gasteiger partial charge on any atom is -0.292 e. The molecule has 0 aliphatic carbocycles. The summed E-state index contributed by atoms with van der Waals surface area (Å²) in [6, 6.07) is 29.1. The molecule has 0 radical (unpaired) electrons. The number of nitriles is 1. The fraction of sp³-hybridized carbons (Fsp3) is 0.129. The minimum atomic E-state index is -3.89. The van der Waals surface area contributed by atoms with Crippen LogP contribution in [-0.2, 0) is 9.84 Å². The molecule has 0 aromatic heterocycles. The summed E-state index contributed by atoms with van der Waals surface area (Å²) < 4.78 is 24.8. The van der Waals surface area contributed by atoms with Gasteiger partial charge < -0.3 is 0 Å². The zero-order valence-electron chi connectivity index (χ0n) is 21.1. The highest BCUT2D eigenvalue weighted by Gasteiger charge is 2.43. The highest BCUT2D eigenvalue weighted by Crippen LogP contribution is 2.32. The van der Waals surface area contributed by atoms with E-state index in [1.165, 1.54) is 37.7 Å². The van der Waals surface area contributed by atoms with Gasteiger partial charge in [-0.15, -0.1) is 0 Å². The van der Waals surface area contributed by atoms with Crippen molar-refractivity contribution in [2.45, 2.75) is 40.2 Å². The molecular formula is C31H25NO4S2. The van der Waals surface area contributed by atoms with E-state index in [1.807, 2.05) is 25.1 Å². The number of carbonyl (C=O) groups is 2. The van der Waals surface area contributed by atoms with Gasteiger partial charge in [0.2, 0.25) is 0 Å². The highest BCUT2D eigenvalue weighted by atomic mass is 32.2. The Morgan fingerprint density at radius 1 is 0.711 bits per heavy atom. The number of nitrogens with zero attached hydrogens (tertiary/aromatic N) is 1. The lowest BCUT2D eigenvalue weighted by Crippen LogP contribution is -2.40. The number of rotatable bonds is 8. The number of benzene rings is 4. The van der Waals surface area contributed by atoms with Gasteiger partial charge in [-0.1, -0.05) is 41.6 Å². The molecule has 0 spiro atoms. The van der Waals surface area contributed by atoms with E-state index in [9.17, 15) is 18.0 Å². The van der Waals surface area contributed by atoms with Crippen LogP contribution in [0.3, 0.4) is 0 Å². The molecule has 4 aromatic rings. The van der Waals surface area contributed by atoms with Crippen molar-refractivity contribution >= 4 is 33.2 Å². The van der Waals surface area contributed by atoms with E-state index in [-0.39, 0.29) is 10.7 Å². The SMILES string of the molecule is Cc1ccc(S(=O)(=O)C(C)(C)C(=O)c2ccc(Sc3ccc(C(=O)c4ccc(C#N)cc4)cc3)cc2)cc1. The summed E-state index contributed by atoms with van der Waals surface area (Å²) in [5.74, 6) is -0.600. The van der Waals surface area contributed by atoms with E-state index in [2.05, 4.69) is 0 Å². The molecule has 0 unspecified atom stereocenters. The fourth-order valence-electron chi connectivity index (χ4n) is 3.83. The molecule has 7 heteroatoms. The van der Waals surface area contributed by atoms with Crippen molar-refractivity contribution in [2.75, 3.05) is 0 Å². The van der Waals surface area contributed by atoms with Gasteiger partial charge in [-0.25, -0.2) is 8.42 Å². The molecule has 0 atom stereocenters. The molecule has 0 aliphatic rings. The predicted octanol–water partition coefficient (Wildman–Crippen LogP) is 6.68. The summed E-state index contributed by atoms with van der Waals surface area (Å²) in [7, 11) is -3.89. The van der Waals surface area contributed by atoms with Crippen LogP contribution in [0.2, 0.25) is 0 Å². The van der Waals surface area contributed by atoms with Crippen molar-refractivity contribution in [3.63, 3.8) is 0 Å². The molecule has 0 N–H and O–H groups in total. The molecule has 0 fully saturated rings. The van der Waals surface area contributed by atoms with E-state index >= 15 is 0 Å². The number of aryl methyl sites for hydroxylation is 1.